The fourth-order valence-corrected chi connectivity index (χ4v) is 5.28. The predicted molar refractivity (Wildman–Crippen MR) is 155 cm³/mol. The van der Waals surface area contributed by atoms with Crippen LogP contribution in [0.3, 0.4) is 0 Å². The molecule has 10 heteroatoms. The minimum atomic E-state index is -0.749. The van der Waals surface area contributed by atoms with Gasteiger partial charge in [0, 0.05) is 54.3 Å². The minimum Gasteiger partial charge on any atom is -0.459 e. The van der Waals surface area contributed by atoms with Gasteiger partial charge in [0.25, 0.3) is 11.5 Å². The highest BCUT2D eigenvalue weighted by atomic mass is 16.7. The second-order valence-electron chi connectivity index (χ2n) is 9.97. The summed E-state index contributed by atoms with van der Waals surface area (Å²) in [6, 6.07) is 17.5. The Labute approximate surface area is 238 Å². The van der Waals surface area contributed by atoms with E-state index in [9.17, 15) is 9.59 Å². The van der Waals surface area contributed by atoms with Gasteiger partial charge in [0.05, 0.1) is 32.1 Å². The van der Waals surface area contributed by atoms with Gasteiger partial charge < -0.3 is 29.6 Å². The minimum absolute atomic E-state index is 0.0748. The number of aromatic amines is 1. The molecule has 4 aromatic rings. The number of hydrogen-bond donors (Lipinski definition) is 3. The molecule has 3 N–H and O–H groups in total. The highest BCUT2D eigenvalue weighted by Crippen LogP contribution is 2.32. The third kappa shape index (κ3) is 6.30. The monoisotopic (exact) mass is 560 g/mol. The number of ether oxygens (including phenoxy) is 3. The third-order valence-corrected chi connectivity index (χ3v) is 7.37. The number of aliphatic hydroxyl groups excluding tert-OH is 1. The molecule has 0 radical (unpaired) electrons. The number of rotatable bonds is 12. The van der Waals surface area contributed by atoms with Crippen LogP contribution < -0.4 is 10.9 Å². The Bertz CT molecular complexity index is 1570. The second-order valence-corrected chi connectivity index (χ2v) is 9.97. The fourth-order valence-electron chi connectivity index (χ4n) is 5.28. The van der Waals surface area contributed by atoms with Gasteiger partial charge in [-0.3, -0.25) is 14.3 Å². The lowest BCUT2D eigenvalue weighted by Crippen LogP contribution is -2.35. The SMILES string of the molecule is Cc1c([C@@H]2C=C(C(=O)NCCc3c[nH]c4ccccc34)O[C@H](OCCOCCO)C2)c(=O)n(-c2ccccc2)n1C. The van der Waals surface area contributed by atoms with E-state index < -0.39 is 12.2 Å². The standard InChI is InChI=1S/C31H36N4O6/c1-21-29(31(38)35(34(21)2)24-8-4-3-5-9-24)23-18-27(41-28(19-23)40-17-16-39-15-14-36)30(37)32-13-12-22-20-33-26-11-7-6-10-25(22)26/h3-11,18,20,23,28,33,36H,12-17,19H2,1-2H3,(H,32,37)/t23-,28+/m1/s1. The number of para-hydroxylation sites is 2. The smallest absolute Gasteiger partial charge is 0.286 e. The van der Waals surface area contributed by atoms with Crippen LogP contribution in [-0.2, 0) is 32.5 Å². The van der Waals surface area contributed by atoms with Crippen LogP contribution in [-0.4, -0.2) is 64.6 Å². The van der Waals surface area contributed by atoms with Gasteiger partial charge >= 0.3 is 0 Å². The molecule has 0 bridgehead atoms. The number of H-pyrrole nitrogens is 1. The quantitative estimate of drug-likeness (QED) is 0.229. The number of nitrogens with zero attached hydrogens (tertiary/aromatic N) is 2. The van der Waals surface area contributed by atoms with Crippen LogP contribution in [0, 0.1) is 6.92 Å². The van der Waals surface area contributed by atoms with E-state index in [1.54, 1.807) is 10.8 Å². The van der Waals surface area contributed by atoms with Gasteiger partial charge in [-0.25, -0.2) is 4.68 Å². The normalized spacial score (nSPS) is 16.9. The molecule has 3 heterocycles. The Hall–Kier alpha value is -4.12. The molecule has 0 aliphatic carbocycles. The first-order chi connectivity index (χ1) is 20.0. The number of aliphatic hydroxyl groups is 1. The Morgan fingerprint density at radius 1 is 1.12 bits per heavy atom. The zero-order chi connectivity index (χ0) is 28.8. The summed E-state index contributed by atoms with van der Waals surface area (Å²) in [5.74, 6) is -0.642. The Morgan fingerprint density at radius 3 is 2.71 bits per heavy atom. The van der Waals surface area contributed by atoms with Crippen molar-refractivity contribution in [1.29, 1.82) is 0 Å². The average molecular weight is 561 g/mol. The van der Waals surface area contributed by atoms with E-state index in [4.69, 9.17) is 19.3 Å². The summed E-state index contributed by atoms with van der Waals surface area (Å²) in [5, 5.41) is 13.0. The number of carbonyl (C=O) groups is 1. The van der Waals surface area contributed by atoms with E-state index >= 15 is 0 Å². The molecule has 2 aromatic heterocycles. The Balaban J connectivity index is 1.36. The van der Waals surface area contributed by atoms with E-state index in [0.717, 1.165) is 27.8 Å². The summed E-state index contributed by atoms with van der Waals surface area (Å²) in [6.45, 7) is 2.94. The van der Waals surface area contributed by atoms with E-state index in [2.05, 4.69) is 16.4 Å². The summed E-state index contributed by atoms with van der Waals surface area (Å²) in [6.07, 6.45) is 3.94. The van der Waals surface area contributed by atoms with Crippen molar-refractivity contribution in [2.75, 3.05) is 33.0 Å². The second kappa shape index (κ2) is 13.0. The van der Waals surface area contributed by atoms with Gasteiger partial charge in [-0.15, -0.1) is 0 Å². The molecule has 0 saturated heterocycles. The number of amides is 1. The summed E-state index contributed by atoms with van der Waals surface area (Å²) in [7, 11) is 1.85. The van der Waals surface area contributed by atoms with Crippen molar-refractivity contribution in [1.82, 2.24) is 19.7 Å². The van der Waals surface area contributed by atoms with Gasteiger partial charge in [0.1, 0.15) is 0 Å². The molecule has 2 aromatic carbocycles. The van der Waals surface area contributed by atoms with Gasteiger partial charge in [0.2, 0.25) is 6.29 Å². The molecule has 0 saturated carbocycles. The van der Waals surface area contributed by atoms with Crippen LogP contribution in [0.15, 0.2) is 77.4 Å². The molecular weight excluding hydrogens is 524 g/mol. The average Bonchev–Trinajstić information content (AvgIpc) is 3.50. The number of fused-ring (bicyclic) bond motifs is 1. The van der Waals surface area contributed by atoms with E-state index in [-0.39, 0.29) is 43.7 Å². The highest BCUT2D eigenvalue weighted by Gasteiger charge is 2.33. The third-order valence-electron chi connectivity index (χ3n) is 7.37. The van der Waals surface area contributed by atoms with E-state index in [0.29, 0.717) is 24.9 Å². The molecular formula is C31H36N4O6. The molecule has 41 heavy (non-hydrogen) atoms. The molecule has 5 rings (SSSR count). The molecule has 2 atom stereocenters. The van der Waals surface area contributed by atoms with Gasteiger partial charge in [-0.1, -0.05) is 36.4 Å². The van der Waals surface area contributed by atoms with E-state index in [1.165, 1.54) is 0 Å². The van der Waals surface area contributed by atoms with Gasteiger partial charge in [-0.05, 0) is 43.2 Å². The molecule has 0 spiro atoms. The number of nitrogens with one attached hydrogen (secondary N) is 2. The van der Waals surface area contributed by atoms with Crippen molar-refractivity contribution >= 4 is 16.8 Å². The van der Waals surface area contributed by atoms with Gasteiger partial charge in [0.15, 0.2) is 5.76 Å². The number of benzene rings is 2. The summed E-state index contributed by atoms with van der Waals surface area (Å²) < 4.78 is 20.6. The maximum absolute atomic E-state index is 13.7. The fraction of sp³-hybridized carbons (Fsp3) is 0.355. The molecule has 1 aliphatic rings. The lowest BCUT2D eigenvalue weighted by atomic mass is 9.93. The zero-order valence-electron chi connectivity index (χ0n) is 23.3. The Kier molecular flexibility index (Phi) is 9.03. The molecule has 1 amide bonds. The summed E-state index contributed by atoms with van der Waals surface area (Å²) in [5.41, 5.74) is 4.16. The number of carbonyl (C=O) groups excluding carboxylic acids is 1. The van der Waals surface area contributed by atoms with Crippen molar-refractivity contribution in [2.45, 2.75) is 32.0 Å². The number of allylic oxidation sites excluding steroid dienone is 1. The Morgan fingerprint density at radius 2 is 1.90 bits per heavy atom. The molecule has 216 valence electrons. The largest absolute Gasteiger partial charge is 0.459 e. The zero-order valence-corrected chi connectivity index (χ0v) is 23.3. The predicted octanol–water partition coefficient (Wildman–Crippen LogP) is 3.06. The lowest BCUT2D eigenvalue weighted by Gasteiger charge is -2.29. The lowest BCUT2D eigenvalue weighted by molar-refractivity contribution is -0.151. The molecule has 0 unspecified atom stereocenters. The maximum Gasteiger partial charge on any atom is 0.286 e. The van der Waals surface area contributed by atoms with Crippen LogP contribution >= 0.6 is 0 Å². The van der Waals surface area contributed by atoms with Crippen LogP contribution in [0.1, 0.15) is 29.2 Å². The van der Waals surface area contributed by atoms with Crippen LogP contribution in [0.2, 0.25) is 0 Å². The summed E-state index contributed by atoms with van der Waals surface area (Å²) in [4.78, 5) is 30.3. The van der Waals surface area contributed by atoms with E-state index in [1.807, 2.05) is 73.4 Å². The van der Waals surface area contributed by atoms with Crippen LogP contribution in [0.4, 0.5) is 0 Å². The van der Waals surface area contributed by atoms with Crippen molar-refractivity contribution in [3.63, 3.8) is 0 Å². The first-order valence-corrected chi connectivity index (χ1v) is 13.8. The number of aromatic nitrogens is 3. The molecule has 0 fully saturated rings. The first-order valence-electron chi connectivity index (χ1n) is 13.8. The molecule has 1 aliphatic heterocycles. The van der Waals surface area contributed by atoms with Crippen molar-refractivity contribution in [3.8, 4) is 5.69 Å². The van der Waals surface area contributed by atoms with Crippen LogP contribution in [0.25, 0.3) is 16.6 Å². The topological polar surface area (TPSA) is 120 Å². The highest BCUT2D eigenvalue weighted by molar-refractivity contribution is 5.91. The van der Waals surface area contributed by atoms with Crippen molar-refractivity contribution < 1.29 is 24.1 Å². The summed E-state index contributed by atoms with van der Waals surface area (Å²) >= 11 is 0. The number of hydrogen-bond acceptors (Lipinski definition) is 6. The molecule has 10 nitrogen and oxygen atoms in total. The van der Waals surface area contributed by atoms with Gasteiger partial charge in [-0.2, -0.15) is 0 Å². The van der Waals surface area contributed by atoms with Crippen molar-refractivity contribution in [2.24, 2.45) is 7.05 Å². The van der Waals surface area contributed by atoms with Crippen LogP contribution in [0.5, 0.6) is 0 Å². The first kappa shape index (κ1) is 28.4. The van der Waals surface area contributed by atoms with Crippen molar-refractivity contribution in [3.05, 3.63) is 99.8 Å². The maximum atomic E-state index is 13.7.